The van der Waals surface area contributed by atoms with E-state index in [1.54, 1.807) is 24.5 Å². The maximum Gasteiger partial charge on any atom is 0.406 e. The Morgan fingerprint density at radius 3 is 2.53 bits per heavy atom. The normalized spacial score (nSPS) is 22.4. The van der Waals surface area contributed by atoms with Gasteiger partial charge in [-0.2, -0.15) is 13.2 Å². The Morgan fingerprint density at radius 2 is 1.83 bits per heavy atom. The number of anilines is 1. The second-order valence-electron chi connectivity index (χ2n) is 10.9. The first-order valence-electron chi connectivity index (χ1n) is 12.2. The molecule has 7 nitrogen and oxygen atoms in total. The number of nitrogens with zero attached hydrogens (tertiary/aromatic N) is 7. The van der Waals surface area contributed by atoms with E-state index in [2.05, 4.69) is 25.1 Å². The molecule has 0 atom stereocenters. The van der Waals surface area contributed by atoms with E-state index in [1.165, 1.54) is 4.90 Å². The Morgan fingerprint density at radius 1 is 1.06 bits per heavy atom. The Balaban J connectivity index is 1.17. The summed E-state index contributed by atoms with van der Waals surface area (Å²) >= 11 is 6.28. The number of hydrogen-bond acceptors (Lipinski definition) is 6. The van der Waals surface area contributed by atoms with Gasteiger partial charge in [-0.15, -0.1) is 10.2 Å². The number of alkyl halides is 3. The average Bonchev–Trinajstić information content (AvgIpc) is 3.51. The Kier molecular flexibility index (Phi) is 4.63. The van der Waals surface area contributed by atoms with E-state index < -0.39 is 11.7 Å². The molecule has 0 N–H and O–H groups in total. The molecule has 2 aromatic heterocycles. The highest BCUT2D eigenvalue weighted by molar-refractivity contribution is 6.30. The van der Waals surface area contributed by atoms with Crippen LogP contribution in [0.4, 0.5) is 19.0 Å². The fourth-order valence-corrected chi connectivity index (χ4v) is 6.64. The lowest BCUT2D eigenvalue weighted by Crippen LogP contribution is -2.62. The fourth-order valence-electron chi connectivity index (χ4n) is 6.45. The van der Waals surface area contributed by atoms with Crippen molar-refractivity contribution in [3.63, 3.8) is 0 Å². The van der Waals surface area contributed by atoms with Crippen LogP contribution in [0.25, 0.3) is 5.69 Å². The van der Waals surface area contributed by atoms with Crippen molar-refractivity contribution < 1.29 is 13.2 Å². The number of fused-ring (bicyclic) bond motifs is 3. The summed E-state index contributed by atoms with van der Waals surface area (Å²) in [7, 11) is 0. The van der Waals surface area contributed by atoms with Gasteiger partial charge in [0.15, 0.2) is 5.82 Å². The van der Waals surface area contributed by atoms with E-state index >= 15 is 0 Å². The van der Waals surface area contributed by atoms with E-state index in [1.807, 2.05) is 17.6 Å². The first-order chi connectivity index (χ1) is 17.2. The number of aryl methyl sites for hydroxylation is 1. The quantitative estimate of drug-likeness (QED) is 0.499. The molecule has 1 aromatic carbocycles. The van der Waals surface area contributed by atoms with Crippen LogP contribution in [0.5, 0.6) is 0 Å². The molecule has 0 unspecified atom stereocenters. The second-order valence-corrected chi connectivity index (χ2v) is 11.4. The van der Waals surface area contributed by atoms with Crippen LogP contribution in [0.15, 0.2) is 30.6 Å². The third-order valence-electron chi connectivity index (χ3n) is 8.43. The van der Waals surface area contributed by atoms with Crippen LogP contribution >= 0.6 is 11.6 Å². The number of benzene rings is 1. The molecule has 0 amide bonds. The van der Waals surface area contributed by atoms with Crippen molar-refractivity contribution in [2.45, 2.75) is 63.3 Å². The van der Waals surface area contributed by atoms with Gasteiger partial charge in [0.2, 0.25) is 0 Å². The second kappa shape index (κ2) is 7.41. The van der Waals surface area contributed by atoms with E-state index in [9.17, 15) is 13.2 Å². The van der Waals surface area contributed by atoms with Gasteiger partial charge < -0.3 is 4.90 Å². The van der Waals surface area contributed by atoms with Crippen LogP contribution in [-0.4, -0.2) is 54.4 Å². The van der Waals surface area contributed by atoms with Crippen molar-refractivity contribution in [1.82, 2.24) is 29.6 Å². The molecule has 188 valence electrons. The van der Waals surface area contributed by atoms with Gasteiger partial charge >= 0.3 is 6.18 Å². The van der Waals surface area contributed by atoms with Gasteiger partial charge in [-0.1, -0.05) is 11.6 Å². The van der Waals surface area contributed by atoms with E-state index in [0.29, 0.717) is 10.8 Å². The molecular formula is C25H25ClF3N7. The third-order valence-corrected chi connectivity index (χ3v) is 8.67. The zero-order valence-corrected chi connectivity index (χ0v) is 20.5. The topological polar surface area (TPSA) is 63.0 Å². The minimum atomic E-state index is -4.29. The molecule has 11 heteroatoms. The van der Waals surface area contributed by atoms with Crippen LogP contribution in [0, 0.1) is 12.3 Å². The SMILES string of the molecule is Cc1cncc(N2CC3(CC(c4nnc5n4-c4ccc(Cl)cc4CN(C4(C(F)(F)F)CC4)C5)C3)C2)n1. The lowest BCUT2D eigenvalue weighted by Gasteiger charge is -2.59. The van der Waals surface area contributed by atoms with Crippen LogP contribution in [-0.2, 0) is 13.1 Å². The van der Waals surface area contributed by atoms with Gasteiger partial charge in [-0.3, -0.25) is 14.5 Å². The van der Waals surface area contributed by atoms with Gasteiger partial charge in [-0.25, -0.2) is 4.98 Å². The first kappa shape index (κ1) is 22.5. The molecule has 1 spiro atoms. The highest BCUT2D eigenvalue weighted by Gasteiger charge is 2.67. The van der Waals surface area contributed by atoms with E-state index in [-0.39, 0.29) is 37.3 Å². The number of hydrogen-bond donors (Lipinski definition) is 0. The van der Waals surface area contributed by atoms with Crippen LogP contribution < -0.4 is 4.90 Å². The average molecular weight is 516 g/mol. The Bertz CT molecular complexity index is 1350. The molecule has 36 heavy (non-hydrogen) atoms. The summed E-state index contributed by atoms with van der Waals surface area (Å²) in [6.45, 7) is 4.08. The summed E-state index contributed by atoms with van der Waals surface area (Å²) in [5, 5.41) is 9.47. The molecule has 3 fully saturated rings. The predicted octanol–water partition coefficient (Wildman–Crippen LogP) is 4.81. The standard InChI is InChI=1S/C25H25ClF3N7/c1-15-9-30-10-20(31-15)34-13-23(14-34)7-17(8-23)22-33-32-21-12-35(24(4-5-24)25(27,28)29)11-16-6-18(26)2-3-19(16)36(21)22/h2-3,6,9-10,17H,4-5,7-8,11-14H2,1H3. The zero-order valence-electron chi connectivity index (χ0n) is 19.8. The van der Waals surface area contributed by atoms with E-state index in [0.717, 1.165) is 54.5 Å². The molecule has 3 aromatic rings. The monoisotopic (exact) mass is 515 g/mol. The predicted molar refractivity (Wildman–Crippen MR) is 127 cm³/mol. The highest BCUT2D eigenvalue weighted by Crippen LogP contribution is 2.58. The molecule has 0 bridgehead atoms. The third kappa shape index (κ3) is 3.30. The lowest BCUT2D eigenvalue weighted by atomic mass is 9.57. The summed E-state index contributed by atoms with van der Waals surface area (Å²) in [4.78, 5) is 12.6. The van der Waals surface area contributed by atoms with Gasteiger partial charge in [0.05, 0.1) is 24.1 Å². The summed E-state index contributed by atoms with van der Waals surface area (Å²) in [5.74, 6) is 2.52. The number of aromatic nitrogens is 5. The minimum absolute atomic E-state index is 0.108. The maximum absolute atomic E-state index is 14.0. The van der Waals surface area contributed by atoms with Gasteiger partial charge in [0, 0.05) is 42.2 Å². The maximum atomic E-state index is 14.0. The molecule has 1 saturated heterocycles. The van der Waals surface area contributed by atoms with Crippen molar-refractivity contribution in [2.75, 3.05) is 18.0 Å². The molecule has 2 aliphatic heterocycles. The van der Waals surface area contributed by atoms with Crippen molar-refractivity contribution in [1.29, 1.82) is 0 Å². The fraction of sp³-hybridized carbons (Fsp3) is 0.520. The Hall–Kier alpha value is -2.72. The molecule has 4 aliphatic rings. The minimum Gasteiger partial charge on any atom is -0.354 e. The lowest BCUT2D eigenvalue weighted by molar-refractivity contribution is -0.200. The van der Waals surface area contributed by atoms with Crippen LogP contribution in [0.2, 0.25) is 5.02 Å². The summed E-state index contributed by atoms with van der Waals surface area (Å²) in [6, 6.07) is 5.46. The summed E-state index contributed by atoms with van der Waals surface area (Å²) in [5.41, 5.74) is 0.942. The van der Waals surface area contributed by atoms with E-state index in [4.69, 9.17) is 11.6 Å². The van der Waals surface area contributed by atoms with Gasteiger partial charge in [0.1, 0.15) is 17.2 Å². The molecular weight excluding hydrogens is 491 g/mol. The zero-order chi connectivity index (χ0) is 24.9. The van der Waals surface area contributed by atoms with Crippen LogP contribution in [0.1, 0.15) is 54.5 Å². The smallest absolute Gasteiger partial charge is 0.354 e. The number of halogens is 4. The molecule has 2 aliphatic carbocycles. The number of rotatable bonds is 3. The molecule has 7 rings (SSSR count). The van der Waals surface area contributed by atoms with Gasteiger partial charge in [-0.05, 0) is 56.4 Å². The molecule has 2 saturated carbocycles. The van der Waals surface area contributed by atoms with Crippen molar-refractivity contribution in [2.24, 2.45) is 5.41 Å². The summed E-state index contributed by atoms with van der Waals surface area (Å²) < 4.78 is 44.1. The molecule has 4 heterocycles. The first-order valence-corrected chi connectivity index (χ1v) is 12.6. The molecule has 0 radical (unpaired) electrons. The summed E-state index contributed by atoms with van der Waals surface area (Å²) in [6.07, 6.45) is 1.43. The largest absolute Gasteiger partial charge is 0.406 e. The Labute approximate surface area is 211 Å². The van der Waals surface area contributed by atoms with Crippen molar-refractivity contribution >= 4 is 17.4 Å². The van der Waals surface area contributed by atoms with Crippen LogP contribution in [0.3, 0.4) is 0 Å². The van der Waals surface area contributed by atoms with Crippen molar-refractivity contribution in [3.05, 3.63) is 58.5 Å². The van der Waals surface area contributed by atoms with Crippen molar-refractivity contribution in [3.8, 4) is 5.69 Å². The van der Waals surface area contributed by atoms with Gasteiger partial charge in [0.25, 0.3) is 0 Å². The highest BCUT2D eigenvalue weighted by atomic mass is 35.5.